The van der Waals surface area contributed by atoms with E-state index in [0.717, 1.165) is 10.8 Å². The standard InChI is InChI=1S/C16H17NO4S/c1-17(13-6-7-22(20,21)10-13)16(19)14-8-11-4-2-3-5-12(11)9-15(14)18/h2-5,8-9,13,18H,6-7,10H2,1H3/t13-/m0/s1. The lowest BCUT2D eigenvalue weighted by Gasteiger charge is -2.24. The Labute approximate surface area is 129 Å². The summed E-state index contributed by atoms with van der Waals surface area (Å²) in [6.07, 6.45) is 0.443. The molecular formula is C16H17NO4S. The molecule has 1 heterocycles. The summed E-state index contributed by atoms with van der Waals surface area (Å²) in [5, 5.41) is 11.8. The van der Waals surface area contributed by atoms with Crippen molar-refractivity contribution in [2.45, 2.75) is 12.5 Å². The van der Waals surface area contributed by atoms with Gasteiger partial charge in [-0.05, 0) is 29.3 Å². The van der Waals surface area contributed by atoms with Crippen LogP contribution in [0.3, 0.4) is 0 Å². The summed E-state index contributed by atoms with van der Waals surface area (Å²) < 4.78 is 23.1. The number of nitrogens with zero attached hydrogens (tertiary/aromatic N) is 1. The Hall–Kier alpha value is -2.08. The number of hydrogen-bond donors (Lipinski definition) is 1. The van der Waals surface area contributed by atoms with E-state index in [9.17, 15) is 18.3 Å². The van der Waals surface area contributed by atoms with Gasteiger partial charge in [-0.1, -0.05) is 24.3 Å². The highest BCUT2D eigenvalue weighted by Gasteiger charge is 2.33. The van der Waals surface area contributed by atoms with E-state index in [2.05, 4.69) is 0 Å². The smallest absolute Gasteiger partial charge is 0.257 e. The van der Waals surface area contributed by atoms with Crippen molar-refractivity contribution in [1.29, 1.82) is 0 Å². The average Bonchev–Trinajstić information content (AvgIpc) is 2.85. The zero-order chi connectivity index (χ0) is 15.9. The Morgan fingerprint density at radius 2 is 1.86 bits per heavy atom. The first-order valence-corrected chi connectivity index (χ1v) is 8.89. The Balaban J connectivity index is 1.93. The first-order chi connectivity index (χ1) is 10.4. The minimum atomic E-state index is -3.06. The van der Waals surface area contributed by atoms with E-state index in [4.69, 9.17) is 0 Å². The van der Waals surface area contributed by atoms with E-state index in [1.807, 2.05) is 24.3 Å². The largest absolute Gasteiger partial charge is 0.507 e. The van der Waals surface area contributed by atoms with E-state index in [1.165, 1.54) is 4.90 Å². The number of amides is 1. The fourth-order valence-corrected chi connectivity index (χ4v) is 4.61. The Morgan fingerprint density at radius 1 is 1.23 bits per heavy atom. The predicted octanol–water partition coefficient (Wildman–Crippen LogP) is 1.80. The van der Waals surface area contributed by atoms with Crippen LogP contribution in [-0.4, -0.2) is 48.9 Å². The molecule has 6 heteroatoms. The van der Waals surface area contributed by atoms with Gasteiger partial charge in [-0.2, -0.15) is 0 Å². The van der Waals surface area contributed by atoms with Crippen LogP contribution in [0.1, 0.15) is 16.8 Å². The van der Waals surface area contributed by atoms with Crippen LogP contribution in [-0.2, 0) is 9.84 Å². The van der Waals surface area contributed by atoms with Gasteiger partial charge in [0.1, 0.15) is 5.75 Å². The highest BCUT2D eigenvalue weighted by molar-refractivity contribution is 7.91. The number of hydrogen-bond acceptors (Lipinski definition) is 4. The molecule has 22 heavy (non-hydrogen) atoms. The van der Waals surface area contributed by atoms with Crippen molar-refractivity contribution in [2.24, 2.45) is 0 Å². The molecule has 2 aromatic rings. The summed E-state index contributed by atoms with van der Waals surface area (Å²) in [4.78, 5) is 14.0. The zero-order valence-electron chi connectivity index (χ0n) is 12.2. The molecule has 0 bridgehead atoms. The predicted molar refractivity (Wildman–Crippen MR) is 84.8 cm³/mol. The van der Waals surface area contributed by atoms with Crippen molar-refractivity contribution in [1.82, 2.24) is 4.90 Å². The van der Waals surface area contributed by atoms with Gasteiger partial charge in [0.05, 0.1) is 17.1 Å². The van der Waals surface area contributed by atoms with Crippen LogP contribution in [0, 0.1) is 0 Å². The number of phenolic OH excluding ortho intramolecular Hbond substituents is 1. The maximum Gasteiger partial charge on any atom is 0.257 e. The Bertz CT molecular complexity index is 844. The molecule has 1 amide bonds. The maximum absolute atomic E-state index is 12.6. The van der Waals surface area contributed by atoms with Crippen LogP contribution < -0.4 is 0 Å². The van der Waals surface area contributed by atoms with Crippen molar-refractivity contribution < 1.29 is 18.3 Å². The molecule has 1 atom stereocenters. The van der Waals surface area contributed by atoms with Crippen molar-refractivity contribution in [3.63, 3.8) is 0 Å². The van der Waals surface area contributed by atoms with Crippen LogP contribution in [0.4, 0.5) is 0 Å². The summed E-state index contributed by atoms with van der Waals surface area (Å²) in [7, 11) is -1.47. The minimum Gasteiger partial charge on any atom is -0.507 e. The van der Waals surface area contributed by atoms with Gasteiger partial charge in [-0.25, -0.2) is 8.42 Å². The number of phenols is 1. The van der Waals surface area contributed by atoms with Gasteiger partial charge in [0.2, 0.25) is 0 Å². The molecule has 0 radical (unpaired) electrons. The highest BCUT2D eigenvalue weighted by Crippen LogP contribution is 2.27. The minimum absolute atomic E-state index is 0.0103. The van der Waals surface area contributed by atoms with Crippen molar-refractivity contribution in [3.05, 3.63) is 42.0 Å². The Morgan fingerprint density at radius 3 is 2.45 bits per heavy atom. The summed E-state index contributed by atoms with van der Waals surface area (Å²) in [5.41, 5.74) is 0.200. The first kappa shape index (κ1) is 14.8. The van der Waals surface area contributed by atoms with Crippen molar-refractivity contribution in [3.8, 4) is 5.75 Å². The molecule has 1 fully saturated rings. The fraction of sp³-hybridized carbons (Fsp3) is 0.312. The summed E-state index contributed by atoms with van der Waals surface area (Å²) in [6.45, 7) is 0. The lowest BCUT2D eigenvalue weighted by Crippen LogP contribution is -2.37. The van der Waals surface area contributed by atoms with Gasteiger partial charge in [0.25, 0.3) is 5.91 Å². The van der Waals surface area contributed by atoms with Crippen molar-refractivity contribution >= 4 is 26.5 Å². The number of fused-ring (bicyclic) bond motifs is 1. The number of benzene rings is 2. The molecule has 0 aromatic heterocycles. The molecule has 0 saturated carbocycles. The van der Waals surface area contributed by atoms with E-state index >= 15 is 0 Å². The number of carbonyl (C=O) groups is 1. The number of rotatable bonds is 2. The SMILES string of the molecule is CN(C(=O)c1cc2ccccc2cc1O)[C@H]1CCS(=O)(=O)C1. The lowest BCUT2D eigenvalue weighted by atomic mass is 10.0. The second kappa shape index (κ2) is 5.28. The first-order valence-electron chi connectivity index (χ1n) is 7.07. The van der Waals surface area contributed by atoms with Gasteiger partial charge in [-0.3, -0.25) is 4.79 Å². The maximum atomic E-state index is 12.6. The third-order valence-corrected chi connectivity index (χ3v) is 5.92. The molecule has 116 valence electrons. The van der Waals surface area contributed by atoms with E-state index in [-0.39, 0.29) is 34.8 Å². The monoisotopic (exact) mass is 319 g/mol. The van der Waals surface area contributed by atoms with Crippen LogP contribution in [0.2, 0.25) is 0 Å². The molecule has 0 unspecified atom stereocenters. The van der Waals surface area contributed by atoms with Gasteiger partial charge in [0, 0.05) is 13.1 Å². The third-order valence-electron chi connectivity index (χ3n) is 4.17. The molecule has 1 aliphatic heterocycles. The summed E-state index contributed by atoms with van der Waals surface area (Å²) in [6, 6.07) is 10.3. The molecule has 2 aromatic carbocycles. The quantitative estimate of drug-likeness (QED) is 0.916. The van der Waals surface area contributed by atoms with Crippen LogP contribution in [0.25, 0.3) is 10.8 Å². The van der Waals surface area contributed by atoms with Crippen LogP contribution in [0.5, 0.6) is 5.75 Å². The molecule has 1 aliphatic rings. The fourth-order valence-electron chi connectivity index (χ4n) is 2.84. The number of sulfone groups is 1. The topological polar surface area (TPSA) is 74.7 Å². The molecule has 0 aliphatic carbocycles. The third kappa shape index (κ3) is 2.66. The molecule has 0 spiro atoms. The molecule has 1 saturated heterocycles. The number of carbonyl (C=O) groups excluding carboxylic acids is 1. The lowest BCUT2D eigenvalue weighted by molar-refractivity contribution is 0.0745. The van der Waals surface area contributed by atoms with Crippen LogP contribution >= 0.6 is 0 Å². The Kier molecular flexibility index (Phi) is 3.56. The van der Waals surface area contributed by atoms with Crippen molar-refractivity contribution in [2.75, 3.05) is 18.6 Å². The average molecular weight is 319 g/mol. The second-order valence-corrected chi connectivity index (χ2v) is 7.92. The summed E-state index contributed by atoms with van der Waals surface area (Å²) >= 11 is 0. The molecule has 1 N–H and O–H groups in total. The van der Waals surface area contributed by atoms with E-state index in [0.29, 0.717) is 6.42 Å². The second-order valence-electron chi connectivity index (χ2n) is 5.69. The number of aromatic hydroxyl groups is 1. The molecular weight excluding hydrogens is 302 g/mol. The normalized spacial score (nSPS) is 20.1. The van der Waals surface area contributed by atoms with Crippen LogP contribution in [0.15, 0.2) is 36.4 Å². The van der Waals surface area contributed by atoms with Gasteiger partial charge >= 0.3 is 0 Å². The van der Waals surface area contributed by atoms with E-state index in [1.54, 1.807) is 19.2 Å². The molecule has 5 nitrogen and oxygen atoms in total. The molecule has 3 rings (SSSR count). The van der Waals surface area contributed by atoms with Gasteiger partial charge in [0.15, 0.2) is 9.84 Å². The summed E-state index contributed by atoms with van der Waals surface area (Å²) in [5.74, 6) is -0.343. The van der Waals surface area contributed by atoms with Gasteiger partial charge in [-0.15, -0.1) is 0 Å². The van der Waals surface area contributed by atoms with E-state index < -0.39 is 9.84 Å². The highest BCUT2D eigenvalue weighted by atomic mass is 32.2. The van der Waals surface area contributed by atoms with Gasteiger partial charge < -0.3 is 10.0 Å². The zero-order valence-corrected chi connectivity index (χ0v) is 13.0.